The lowest BCUT2D eigenvalue weighted by Gasteiger charge is -2.16. The predicted octanol–water partition coefficient (Wildman–Crippen LogP) is 3.03. The van der Waals surface area contributed by atoms with Crippen LogP contribution in [-0.4, -0.2) is 67.4 Å². The summed E-state index contributed by atoms with van der Waals surface area (Å²) in [5, 5.41) is 21.0. The first-order chi connectivity index (χ1) is 19.2. The third kappa shape index (κ3) is 6.36. The number of carbonyl (C=O) groups excluding carboxylic acids is 3. The predicted molar refractivity (Wildman–Crippen MR) is 154 cm³/mol. The molecule has 0 aliphatic carbocycles. The molecule has 206 valence electrons. The fourth-order valence-corrected chi connectivity index (χ4v) is 4.40. The smallest absolute Gasteiger partial charge is 0.336 e. The van der Waals surface area contributed by atoms with Gasteiger partial charge in [0, 0.05) is 37.0 Å². The Morgan fingerprint density at radius 1 is 0.975 bits per heavy atom. The van der Waals surface area contributed by atoms with Gasteiger partial charge in [-0.05, 0) is 61.5 Å². The molecule has 3 aromatic rings. The Hall–Kier alpha value is -4.96. The Morgan fingerprint density at radius 3 is 2.33 bits per heavy atom. The number of anilines is 2. The number of nitrogens with one attached hydrogen (secondary N) is 4. The molecule has 1 heterocycles. The van der Waals surface area contributed by atoms with Crippen molar-refractivity contribution in [3.8, 4) is 0 Å². The van der Waals surface area contributed by atoms with Crippen LogP contribution in [0, 0.1) is 6.92 Å². The number of carboxylic acid groups (broad SMARTS) is 1. The lowest BCUT2D eigenvalue weighted by molar-refractivity contribution is -0.121. The van der Waals surface area contributed by atoms with Crippen molar-refractivity contribution in [2.45, 2.75) is 6.92 Å². The molecule has 0 saturated carbocycles. The lowest BCUT2D eigenvalue weighted by Crippen LogP contribution is -2.38. The van der Waals surface area contributed by atoms with E-state index in [0.717, 1.165) is 5.56 Å². The Balaban J connectivity index is 1.56. The highest BCUT2D eigenvalue weighted by Crippen LogP contribution is 2.39. The largest absolute Gasteiger partial charge is 0.478 e. The molecule has 0 fully saturated rings. The topological polar surface area (TPSA) is 140 Å². The number of rotatable bonds is 10. The lowest BCUT2D eigenvalue weighted by atomic mass is 9.96. The van der Waals surface area contributed by atoms with Gasteiger partial charge >= 0.3 is 5.97 Å². The second kappa shape index (κ2) is 12.3. The summed E-state index contributed by atoms with van der Waals surface area (Å²) in [6.45, 7) is 2.84. The summed E-state index contributed by atoms with van der Waals surface area (Å²) in [6, 6.07) is 19.4. The molecule has 1 aliphatic rings. The Labute approximate surface area is 232 Å². The molecule has 0 atom stereocenters. The van der Waals surface area contributed by atoms with Gasteiger partial charge in [0.1, 0.15) is 0 Å². The molecule has 0 spiro atoms. The van der Waals surface area contributed by atoms with Crippen LogP contribution in [0.25, 0.3) is 11.3 Å². The summed E-state index contributed by atoms with van der Waals surface area (Å²) in [6.07, 6.45) is 0. The number of hydrogen-bond acceptors (Lipinski definition) is 6. The van der Waals surface area contributed by atoms with E-state index in [1.807, 2.05) is 35.2 Å². The van der Waals surface area contributed by atoms with Crippen molar-refractivity contribution in [3.63, 3.8) is 0 Å². The number of hydrogen-bond donors (Lipinski definition) is 5. The first-order valence-electron chi connectivity index (χ1n) is 12.7. The van der Waals surface area contributed by atoms with Gasteiger partial charge in [0.2, 0.25) is 5.91 Å². The fraction of sp³-hybridized carbons (Fsp3) is 0.200. The van der Waals surface area contributed by atoms with Crippen LogP contribution in [0.3, 0.4) is 0 Å². The number of likely N-dealkylation sites (N-methyl/N-ethyl adjacent to an activating group) is 2. The minimum atomic E-state index is -1.06. The monoisotopic (exact) mass is 541 g/mol. The Bertz CT molecular complexity index is 1480. The van der Waals surface area contributed by atoms with E-state index in [-0.39, 0.29) is 29.8 Å². The number of nitrogens with zero attached hydrogens (tertiary/aromatic N) is 1. The van der Waals surface area contributed by atoms with E-state index in [4.69, 9.17) is 0 Å². The van der Waals surface area contributed by atoms with Crippen molar-refractivity contribution >= 4 is 46.3 Å². The van der Waals surface area contributed by atoms with E-state index < -0.39 is 5.97 Å². The average Bonchev–Trinajstić information content (AvgIpc) is 3.25. The van der Waals surface area contributed by atoms with Gasteiger partial charge in [-0.1, -0.05) is 30.3 Å². The zero-order valence-electron chi connectivity index (χ0n) is 22.5. The molecule has 1 aliphatic heterocycles. The van der Waals surface area contributed by atoms with Crippen LogP contribution in [0.15, 0.2) is 66.7 Å². The molecule has 40 heavy (non-hydrogen) atoms. The zero-order valence-corrected chi connectivity index (χ0v) is 22.5. The minimum absolute atomic E-state index is 0.0968. The van der Waals surface area contributed by atoms with Gasteiger partial charge in [0.25, 0.3) is 11.8 Å². The maximum Gasteiger partial charge on any atom is 0.336 e. The van der Waals surface area contributed by atoms with E-state index in [1.165, 1.54) is 6.07 Å². The van der Waals surface area contributed by atoms with Gasteiger partial charge in [0.15, 0.2) is 0 Å². The molecular weight excluding hydrogens is 510 g/mol. The van der Waals surface area contributed by atoms with Crippen molar-refractivity contribution in [2.75, 3.05) is 44.4 Å². The third-order valence-electron chi connectivity index (χ3n) is 6.54. The van der Waals surface area contributed by atoms with Crippen molar-refractivity contribution in [1.82, 2.24) is 15.5 Å². The summed E-state index contributed by atoms with van der Waals surface area (Å²) in [5.41, 5.74) is 4.55. The van der Waals surface area contributed by atoms with Gasteiger partial charge in [0.05, 0.1) is 29.1 Å². The minimum Gasteiger partial charge on any atom is -0.478 e. The maximum atomic E-state index is 13.2. The number of aromatic carboxylic acids is 1. The standard InChI is InChI=1S/C30H31N5O5/c1-18-15-23-24(16-22(18)30(39)40)34-29(38)26(23)27(19-7-5-4-6-8-19)33-21-11-9-20(10-12-21)28(37)32-13-14-35(3)17-25(36)31-2/h4-12,15-16,33H,13-14,17H2,1-3H3,(H,31,36)(H,32,37)(H,34,38)(H,39,40). The summed E-state index contributed by atoms with van der Waals surface area (Å²) >= 11 is 0. The molecule has 10 heteroatoms. The van der Waals surface area contributed by atoms with Crippen LogP contribution in [0.2, 0.25) is 0 Å². The zero-order chi connectivity index (χ0) is 28.8. The van der Waals surface area contributed by atoms with Crippen molar-refractivity contribution in [3.05, 3.63) is 94.5 Å². The van der Waals surface area contributed by atoms with Gasteiger partial charge in [-0.2, -0.15) is 0 Å². The van der Waals surface area contributed by atoms with Crippen molar-refractivity contribution < 1.29 is 24.3 Å². The summed E-state index contributed by atoms with van der Waals surface area (Å²) < 4.78 is 0. The van der Waals surface area contributed by atoms with Gasteiger partial charge in [-0.15, -0.1) is 0 Å². The molecule has 0 unspecified atom stereocenters. The van der Waals surface area contributed by atoms with E-state index in [2.05, 4.69) is 21.3 Å². The van der Waals surface area contributed by atoms with Gasteiger partial charge < -0.3 is 26.4 Å². The first-order valence-corrected chi connectivity index (χ1v) is 12.7. The normalized spacial score (nSPS) is 13.3. The van der Waals surface area contributed by atoms with E-state index >= 15 is 0 Å². The summed E-state index contributed by atoms with van der Waals surface area (Å²) in [5.74, 6) is -1.75. The third-order valence-corrected chi connectivity index (χ3v) is 6.54. The van der Waals surface area contributed by atoms with Crippen molar-refractivity contribution in [2.24, 2.45) is 0 Å². The van der Waals surface area contributed by atoms with Gasteiger partial charge in [-0.25, -0.2) is 4.79 Å². The highest BCUT2D eigenvalue weighted by molar-refractivity contribution is 6.37. The molecular formula is C30H31N5O5. The van der Waals surface area contributed by atoms with Crippen LogP contribution in [0.4, 0.5) is 11.4 Å². The molecule has 4 rings (SSSR count). The molecule has 0 saturated heterocycles. The van der Waals surface area contributed by atoms with Crippen LogP contribution < -0.4 is 21.3 Å². The van der Waals surface area contributed by atoms with Crippen molar-refractivity contribution in [1.29, 1.82) is 0 Å². The average molecular weight is 542 g/mol. The maximum absolute atomic E-state index is 13.2. The highest BCUT2D eigenvalue weighted by atomic mass is 16.4. The number of benzene rings is 3. The summed E-state index contributed by atoms with van der Waals surface area (Å²) in [4.78, 5) is 50.7. The quantitative estimate of drug-likeness (QED) is 0.249. The Kier molecular flexibility index (Phi) is 8.60. The number of fused-ring (bicyclic) bond motifs is 1. The SMILES string of the molecule is CNC(=O)CN(C)CCNC(=O)c1ccc(NC(=C2C(=O)Nc3cc(C(=O)O)c(C)cc32)c2ccccc2)cc1. The molecule has 3 amide bonds. The van der Waals surface area contributed by atoms with Crippen LogP contribution in [0.5, 0.6) is 0 Å². The number of amides is 3. The van der Waals surface area contributed by atoms with E-state index in [9.17, 15) is 24.3 Å². The molecule has 0 aromatic heterocycles. The molecule has 10 nitrogen and oxygen atoms in total. The molecule has 0 radical (unpaired) electrons. The molecule has 5 N–H and O–H groups in total. The summed E-state index contributed by atoms with van der Waals surface area (Å²) in [7, 11) is 3.38. The molecule has 0 bridgehead atoms. The van der Waals surface area contributed by atoms with E-state index in [0.29, 0.717) is 52.4 Å². The number of aryl methyl sites for hydroxylation is 1. The Morgan fingerprint density at radius 2 is 1.68 bits per heavy atom. The highest BCUT2D eigenvalue weighted by Gasteiger charge is 2.30. The van der Waals surface area contributed by atoms with Crippen LogP contribution >= 0.6 is 0 Å². The number of carboxylic acids is 1. The van der Waals surface area contributed by atoms with E-state index in [1.54, 1.807) is 51.4 Å². The second-order valence-electron chi connectivity index (χ2n) is 9.46. The number of carbonyl (C=O) groups is 4. The van der Waals surface area contributed by atoms with Crippen LogP contribution in [0.1, 0.15) is 37.4 Å². The second-order valence-corrected chi connectivity index (χ2v) is 9.46. The van der Waals surface area contributed by atoms with Crippen LogP contribution in [-0.2, 0) is 9.59 Å². The first kappa shape index (κ1) is 28.1. The fourth-order valence-electron chi connectivity index (χ4n) is 4.40. The molecule has 3 aromatic carbocycles. The van der Waals surface area contributed by atoms with Gasteiger partial charge in [-0.3, -0.25) is 19.3 Å².